The summed E-state index contributed by atoms with van der Waals surface area (Å²) in [4.78, 5) is 12.5. The maximum Gasteiger partial charge on any atom is 0.416 e. The Balaban J connectivity index is 2.29. The summed E-state index contributed by atoms with van der Waals surface area (Å²) in [5.74, 6) is 0.381. The number of hydrogen-bond acceptors (Lipinski definition) is 3. The molecular formula is C19H17F3O3. The van der Waals surface area contributed by atoms with Crippen LogP contribution >= 0.6 is 0 Å². The van der Waals surface area contributed by atoms with Crippen molar-refractivity contribution in [3.05, 3.63) is 64.7 Å². The Kier molecular flexibility index (Phi) is 5.51. The van der Waals surface area contributed by atoms with Gasteiger partial charge in [-0.25, -0.2) is 0 Å². The third kappa shape index (κ3) is 4.41. The van der Waals surface area contributed by atoms with Crippen molar-refractivity contribution in [1.82, 2.24) is 0 Å². The van der Waals surface area contributed by atoms with E-state index in [1.54, 1.807) is 12.1 Å². The van der Waals surface area contributed by atoms with E-state index in [-0.39, 0.29) is 11.3 Å². The highest BCUT2D eigenvalue weighted by Crippen LogP contribution is 2.32. The topological polar surface area (TPSA) is 35.5 Å². The molecule has 0 aromatic heterocycles. The van der Waals surface area contributed by atoms with Gasteiger partial charge in [0.15, 0.2) is 5.78 Å². The van der Waals surface area contributed by atoms with E-state index in [4.69, 9.17) is 9.47 Å². The molecule has 0 heterocycles. The van der Waals surface area contributed by atoms with Gasteiger partial charge < -0.3 is 9.47 Å². The lowest BCUT2D eigenvalue weighted by atomic mass is 10.0. The van der Waals surface area contributed by atoms with Crippen molar-refractivity contribution in [2.75, 3.05) is 14.2 Å². The fourth-order valence-corrected chi connectivity index (χ4v) is 2.32. The van der Waals surface area contributed by atoms with Crippen LogP contribution in [0.3, 0.4) is 0 Å². The number of halogens is 3. The van der Waals surface area contributed by atoms with Gasteiger partial charge in [0.05, 0.1) is 19.8 Å². The molecule has 0 fully saturated rings. The van der Waals surface area contributed by atoms with E-state index in [9.17, 15) is 18.0 Å². The minimum Gasteiger partial charge on any atom is -0.496 e. The highest BCUT2D eigenvalue weighted by molar-refractivity contribution is 6.10. The molecule has 0 aliphatic carbocycles. The number of carbonyl (C=O) groups excluding carboxylic acids is 1. The number of methoxy groups -OCH3 is 2. The number of hydrogen-bond donors (Lipinski definition) is 0. The summed E-state index contributed by atoms with van der Waals surface area (Å²) < 4.78 is 48.1. The predicted octanol–water partition coefficient (Wildman–Crippen LogP) is 4.93. The first-order valence-electron chi connectivity index (χ1n) is 7.38. The standard InChI is InChI=1S/C19H17F3O3/c1-12-10-16(24-2)18(17(11-12)25-3)15(23)9-6-13-4-7-14(8-5-13)19(20,21)22/h4-11H,1-3H3/b9-6+. The van der Waals surface area contributed by atoms with Gasteiger partial charge in [0.1, 0.15) is 17.1 Å². The zero-order chi connectivity index (χ0) is 18.6. The molecule has 0 saturated carbocycles. The first kappa shape index (κ1) is 18.6. The third-order valence-corrected chi connectivity index (χ3v) is 3.56. The van der Waals surface area contributed by atoms with Gasteiger partial charge in [-0.05, 0) is 48.4 Å². The molecule has 0 bridgehead atoms. The van der Waals surface area contributed by atoms with Crippen LogP contribution in [-0.4, -0.2) is 20.0 Å². The summed E-state index contributed by atoms with van der Waals surface area (Å²) in [7, 11) is 2.90. The number of alkyl halides is 3. The van der Waals surface area contributed by atoms with Crippen molar-refractivity contribution in [2.24, 2.45) is 0 Å². The predicted molar refractivity (Wildman–Crippen MR) is 89.1 cm³/mol. The maximum absolute atomic E-state index is 12.6. The minimum atomic E-state index is -4.39. The molecule has 2 aromatic rings. The van der Waals surface area contributed by atoms with Gasteiger partial charge >= 0.3 is 6.18 Å². The molecule has 0 aliphatic rings. The summed E-state index contributed by atoms with van der Waals surface area (Å²) in [6, 6.07) is 7.96. The Morgan fingerprint density at radius 1 is 1.00 bits per heavy atom. The largest absolute Gasteiger partial charge is 0.496 e. The van der Waals surface area contributed by atoms with E-state index >= 15 is 0 Å². The van der Waals surface area contributed by atoms with Gasteiger partial charge in [-0.3, -0.25) is 4.79 Å². The van der Waals surface area contributed by atoms with Crippen LogP contribution in [0.15, 0.2) is 42.5 Å². The van der Waals surface area contributed by atoms with Crippen LogP contribution < -0.4 is 9.47 Å². The van der Waals surface area contributed by atoms with Crippen LogP contribution in [0.25, 0.3) is 6.08 Å². The average molecular weight is 350 g/mol. The van der Waals surface area contributed by atoms with E-state index in [1.165, 1.54) is 38.5 Å². The molecule has 0 spiro atoms. The number of benzene rings is 2. The van der Waals surface area contributed by atoms with Crippen LogP contribution in [0, 0.1) is 6.92 Å². The second-order valence-electron chi connectivity index (χ2n) is 5.36. The summed E-state index contributed by atoms with van der Waals surface area (Å²) in [5, 5.41) is 0. The SMILES string of the molecule is COc1cc(C)cc(OC)c1C(=O)/C=C/c1ccc(C(F)(F)F)cc1. The smallest absolute Gasteiger partial charge is 0.416 e. The van der Waals surface area contributed by atoms with E-state index in [0.29, 0.717) is 17.1 Å². The Hall–Kier alpha value is -2.76. The van der Waals surface area contributed by atoms with Crippen LogP contribution in [0.1, 0.15) is 27.0 Å². The Morgan fingerprint density at radius 2 is 1.52 bits per heavy atom. The Bertz CT molecular complexity index is 766. The molecule has 25 heavy (non-hydrogen) atoms. The van der Waals surface area contributed by atoms with Crippen molar-refractivity contribution in [3.63, 3.8) is 0 Å². The van der Waals surface area contributed by atoms with E-state index in [1.807, 2.05) is 6.92 Å². The molecule has 0 aliphatic heterocycles. The molecule has 0 atom stereocenters. The minimum absolute atomic E-state index is 0.263. The van der Waals surface area contributed by atoms with Crippen LogP contribution in [0.2, 0.25) is 0 Å². The van der Waals surface area contributed by atoms with Crippen LogP contribution in [0.5, 0.6) is 11.5 Å². The van der Waals surface area contributed by atoms with Crippen molar-refractivity contribution < 1.29 is 27.4 Å². The Labute approximate surface area is 143 Å². The summed E-state index contributed by atoms with van der Waals surface area (Å²) in [5.41, 5.74) is 0.875. The molecule has 0 amide bonds. The number of carbonyl (C=O) groups is 1. The first-order chi connectivity index (χ1) is 11.8. The molecule has 0 saturated heterocycles. The third-order valence-electron chi connectivity index (χ3n) is 3.56. The number of ether oxygens (including phenoxy) is 2. The van der Waals surface area contributed by atoms with E-state index < -0.39 is 11.7 Å². The van der Waals surface area contributed by atoms with Crippen molar-refractivity contribution in [1.29, 1.82) is 0 Å². The maximum atomic E-state index is 12.6. The fraction of sp³-hybridized carbons (Fsp3) is 0.211. The molecule has 0 unspecified atom stereocenters. The number of rotatable bonds is 5. The fourth-order valence-electron chi connectivity index (χ4n) is 2.32. The van der Waals surface area contributed by atoms with E-state index in [2.05, 4.69) is 0 Å². The van der Waals surface area contributed by atoms with E-state index in [0.717, 1.165) is 17.7 Å². The zero-order valence-corrected chi connectivity index (χ0v) is 14.0. The molecule has 6 heteroatoms. The summed E-state index contributed by atoms with van der Waals surface area (Å²) in [6.07, 6.45) is -1.67. The zero-order valence-electron chi connectivity index (χ0n) is 14.0. The number of ketones is 1. The van der Waals surface area contributed by atoms with Gasteiger partial charge in [-0.15, -0.1) is 0 Å². The van der Waals surface area contributed by atoms with Gasteiger partial charge in [0.2, 0.25) is 0 Å². The molecule has 2 aromatic carbocycles. The second kappa shape index (κ2) is 7.42. The molecule has 2 rings (SSSR count). The monoisotopic (exact) mass is 350 g/mol. The van der Waals surface area contributed by atoms with Gasteiger partial charge in [0, 0.05) is 0 Å². The van der Waals surface area contributed by atoms with Crippen molar-refractivity contribution >= 4 is 11.9 Å². The van der Waals surface area contributed by atoms with Crippen molar-refractivity contribution in [2.45, 2.75) is 13.1 Å². The molecule has 0 radical (unpaired) electrons. The lowest BCUT2D eigenvalue weighted by Gasteiger charge is -2.12. The van der Waals surface area contributed by atoms with Gasteiger partial charge in [0.25, 0.3) is 0 Å². The second-order valence-corrected chi connectivity index (χ2v) is 5.36. The molecule has 0 N–H and O–H groups in total. The highest BCUT2D eigenvalue weighted by Gasteiger charge is 2.29. The molecule has 3 nitrogen and oxygen atoms in total. The van der Waals surface area contributed by atoms with Crippen LogP contribution in [-0.2, 0) is 6.18 Å². The first-order valence-corrected chi connectivity index (χ1v) is 7.38. The molecular weight excluding hydrogens is 333 g/mol. The normalized spacial score (nSPS) is 11.6. The number of aryl methyl sites for hydroxylation is 1. The summed E-state index contributed by atoms with van der Waals surface area (Å²) >= 11 is 0. The molecule has 132 valence electrons. The van der Waals surface area contributed by atoms with Gasteiger partial charge in [-0.1, -0.05) is 18.2 Å². The Morgan fingerprint density at radius 3 is 1.96 bits per heavy atom. The lowest BCUT2D eigenvalue weighted by Crippen LogP contribution is -2.04. The average Bonchev–Trinajstić information content (AvgIpc) is 2.58. The quantitative estimate of drug-likeness (QED) is 0.567. The van der Waals surface area contributed by atoms with Gasteiger partial charge in [-0.2, -0.15) is 13.2 Å². The summed E-state index contributed by atoms with van der Waals surface area (Å²) in [6.45, 7) is 1.84. The van der Waals surface area contributed by atoms with Crippen molar-refractivity contribution in [3.8, 4) is 11.5 Å². The van der Waals surface area contributed by atoms with Crippen LogP contribution in [0.4, 0.5) is 13.2 Å². The highest BCUT2D eigenvalue weighted by atomic mass is 19.4. The lowest BCUT2D eigenvalue weighted by molar-refractivity contribution is -0.137. The number of allylic oxidation sites excluding steroid dienone is 1.